The normalized spacial score (nSPS) is 11.9. The number of nitrogens with zero attached hydrogens (tertiary/aromatic N) is 1. The van der Waals surface area contributed by atoms with Crippen molar-refractivity contribution in [2.45, 2.75) is 12.5 Å². The molecule has 17 heavy (non-hydrogen) atoms. The Balaban J connectivity index is 4.38. The van der Waals surface area contributed by atoms with E-state index < -0.39 is 18.0 Å². The number of carboxylic acid groups (broad SMARTS) is 1. The number of amides is 2. The molecular formula is C9H18N2O6. The molecule has 5 N–H and O–H groups in total. The lowest BCUT2D eigenvalue weighted by molar-refractivity contribution is -0.139. The number of carboxylic acids is 1. The van der Waals surface area contributed by atoms with Gasteiger partial charge in [-0.05, 0) is 0 Å². The van der Waals surface area contributed by atoms with E-state index in [0.29, 0.717) is 0 Å². The molecule has 0 aromatic heterocycles. The van der Waals surface area contributed by atoms with Crippen LogP contribution in [0.5, 0.6) is 0 Å². The fourth-order valence-electron chi connectivity index (χ4n) is 1.18. The summed E-state index contributed by atoms with van der Waals surface area (Å²) in [5, 5.41) is 37.0. The van der Waals surface area contributed by atoms with Crippen molar-refractivity contribution in [3.63, 3.8) is 0 Å². The Morgan fingerprint density at radius 2 is 1.59 bits per heavy atom. The molecule has 0 aromatic rings. The third-order valence-electron chi connectivity index (χ3n) is 2.04. The highest BCUT2D eigenvalue weighted by Gasteiger charge is 2.22. The minimum atomic E-state index is -1.25. The van der Waals surface area contributed by atoms with E-state index in [9.17, 15) is 9.59 Å². The molecular weight excluding hydrogens is 232 g/mol. The Hall–Kier alpha value is -1.38. The molecule has 8 heteroatoms. The number of aliphatic hydroxyl groups is 3. The van der Waals surface area contributed by atoms with Crippen LogP contribution in [-0.4, -0.2) is 76.3 Å². The Morgan fingerprint density at radius 1 is 1.06 bits per heavy atom. The molecule has 0 aliphatic heterocycles. The zero-order valence-corrected chi connectivity index (χ0v) is 9.37. The topological polar surface area (TPSA) is 130 Å². The highest BCUT2D eigenvalue weighted by molar-refractivity contribution is 5.82. The van der Waals surface area contributed by atoms with Gasteiger partial charge in [0.2, 0.25) is 0 Å². The number of nitrogens with one attached hydrogen (secondary N) is 1. The maximum Gasteiger partial charge on any atom is 0.326 e. The summed E-state index contributed by atoms with van der Waals surface area (Å²) in [6, 6.07) is -1.89. The zero-order chi connectivity index (χ0) is 13.3. The molecule has 0 aliphatic carbocycles. The number of aliphatic hydroxyl groups excluding tert-OH is 3. The minimum absolute atomic E-state index is 0.00213. The van der Waals surface area contributed by atoms with Crippen LogP contribution in [0.15, 0.2) is 0 Å². The van der Waals surface area contributed by atoms with Crippen LogP contribution in [0.3, 0.4) is 0 Å². The van der Waals surface area contributed by atoms with Gasteiger partial charge in [-0.1, -0.05) is 0 Å². The van der Waals surface area contributed by atoms with Gasteiger partial charge in [0.1, 0.15) is 6.04 Å². The third-order valence-corrected chi connectivity index (χ3v) is 2.04. The SMILES string of the molecule is O=C(O)[C@@H](CCO)NC(=O)N(CCO)CCO. The molecule has 0 aromatic carbocycles. The van der Waals surface area contributed by atoms with Gasteiger partial charge in [0, 0.05) is 26.1 Å². The number of urea groups is 1. The standard InChI is InChI=1S/C9H18N2O6/c12-4-1-7(8(15)16)10-9(17)11(2-5-13)3-6-14/h7,12-14H,1-6H2,(H,10,17)(H,15,16)/t7-/m1/s1. The Kier molecular flexibility index (Phi) is 8.03. The summed E-state index contributed by atoms with van der Waals surface area (Å²) in [4.78, 5) is 23.4. The highest BCUT2D eigenvalue weighted by atomic mass is 16.4. The molecule has 0 saturated heterocycles. The fraction of sp³-hybridized carbons (Fsp3) is 0.778. The minimum Gasteiger partial charge on any atom is -0.480 e. The molecule has 0 aliphatic rings. The number of carbonyl (C=O) groups is 2. The molecule has 0 unspecified atom stereocenters. The van der Waals surface area contributed by atoms with E-state index >= 15 is 0 Å². The predicted octanol–water partition coefficient (Wildman–Crippen LogP) is -2.18. The van der Waals surface area contributed by atoms with Gasteiger partial charge in [0.05, 0.1) is 13.2 Å². The predicted molar refractivity (Wildman–Crippen MR) is 57.4 cm³/mol. The van der Waals surface area contributed by atoms with Crippen LogP contribution >= 0.6 is 0 Å². The maximum atomic E-state index is 11.6. The first-order chi connectivity index (χ1) is 8.06. The van der Waals surface area contributed by atoms with Crippen molar-refractivity contribution in [2.24, 2.45) is 0 Å². The van der Waals surface area contributed by atoms with Gasteiger partial charge < -0.3 is 30.6 Å². The largest absolute Gasteiger partial charge is 0.480 e. The van der Waals surface area contributed by atoms with Gasteiger partial charge >= 0.3 is 12.0 Å². The molecule has 0 heterocycles. The van der Waals surface area contributed by atoms with Crippen LogP contribution in [0.25, 0.3) is 0 Å². The fourth-order valence-corrected chi connectivity index (χ4v) is 1.18. The van der Waals surface area contributed by atoms with E-state index in [1.165, 1.54) is 0 Å². The number of carbonyl (C=O) groups excluding carboxylic acids is 1. The van der Waals surface area contributed by atoms with Crippen LogP contribution < -0.4 is 5.32 Å². The molecule has 0 fully saturated rings. The van der Waals surface area contributed by atoms with Crippen molar-refractivity contribution in [2.75, 3.05) is 32.9 Å². The lowest BCUT2D eigenvalue weighted by Crippen LogP contribution is -2.49. The summed E-state index contributed by atoms with van der Waals surface area (Å²) in [6.07, 6.45) is -0.104. The van der Waals surface area contributed by atoms with E-state index in [1.54, 1.807) is 0 Å². The van der Waals surface area contributed by atoms with Crippen LogP contribution in [0.4, 0.5) is 4.79 Å². The van der Waals surface area contributed by atoms with E-state index in [4.69, 9.17) is 20.4 Å². The quantitative estimate of drug-likeness (QED) is 0.333. The van der Waals surface area contributed by atoms with Crippen molar-refractivity contribution in [1.82, 2.24) is 10.2 Å². The highest BCUT2D eigenvalue weighted by Crippen LogP contribution is 1.95. The summed E-state index contributed by atoms with van der Waals surface area (Å²) in [5.41, 5.74) is 0. The van der Waals surface area contributed by atoms with Crippen LogP contribution in [-0.2, 0) is 4.79 Å². The van der Waals surface area contributed by atoms with E-state index in [0.717, 1.165) is 4.90 Å². The van der Waals surface area contributed by atoms with Gasteiger partial charge in [-0.2, -0.15) is 0 Å². The number of aliphatic carboxylic acids is 1. The van der Waals surface area contributed by atoms with Gasteiger partial charge in [-0.15, -0.1) is 0 Å². The first kappa shape index (κ1) is 15.6. The lowest BCUT2D eigenvalue weighted by atomic mass is 10.2. The van der Waals surface area contributed by atoms with Crippen molar-refractivity contribution >= 4 is 12.0 Å². The third kappa shape index (κ3) is 6.05. The Labute approximate surface area is 98.5 Å². The Bertz CT molecular complexity index is 242. The first-order valence-corrected chi connectivity index (χ1v) is 5.17. The second-order valence-electron chi connectivity index (χ2n) is 3.29. The van der Waals surface area contributed by atoms with Gasteiger partial charge in [0.25, 0.3) is 0 Å². The zero-order valence-electron chi connectivity index (χ0n) is 9.37. The van der Waals surface area contributed by atoms with Crippen LogP contribution in [0.2, 0.25) is 0 Å². The van der Waals surface area contributed by atoms with E-state index in [-0.39, 0.29) is 39.3 Å². The lowest BCUT2D eigenvalue weighted by Gasteiger charge is -2.23. The molecule has 0 spiro atoms. The summed E-state index contributed by atoms with van der Waals surface area (Å²) in [7, 11) is 0. The second kappa shape index (κ2) is 8.74. The number of rotatable bonds is 8. The molecule has 0 saturated carbocycles. The monoisotopic (exact) mass is 250 g/mol. The Morgan fingerprint density at radius 3 is 1.94 bits per heavy atom. The average Bonchev–Trinajstić information content (AvgIpc) is 2.28. The van der Waals surface area contributed by atoms with Gasteiger partial charge in [-0.3, -0.25) is 0 Å². The molecule has 0 bridgehead atoms. The van der Waals surface area contributed by atoms with Gasteiger partial charge in [0.15, 0.2) is 0 Å². The van der Waals surface area contributed by atoms with Gasteiger partial charge in [-0.25, -0.2) is 9.59 Å². The molecule has 1 atom stereocenters. The average molecular weight is 250 g/mol. The van der Waals surface area contributed by atoms with Crippen molar-refractivity contribution in [3.8, 4) is 0 Å². The van der Waals surface area contributed by atoms with E-state index in [1.807, 2.05) is 0 Å². The smallest absolute Gasteiger partial charge is 0.326 e. The van der Waals surface area contributed by atoms with Crippen LogP contribution in [0, 0.1) is 0 Å². The molecule has 8 nitrogen and oxygen atoms in total. The molecule has 0 rings (SSSR count). The summed E-state index contributed by atoms with van der Waals surface area (Å²) in [6.45, 7) is -0.941. The molecule has 100 valence electrons. The summed E-state index contributed by atoms with van der Waals surface area (Å²) < 4.78 is 0. The molecule has 0 radical (unpaired) electrons. The molecule has 2 amide bonds. The maximum absolute atomic E-state index is 11.6. The number of hydrogen-bond acceptors (Lipinski definition) is 5. The van der Waals surface area contributed by atoms with Crippen molar-refractivity contribution in [3.05, 3.63) is 0 Å². The second-order valence-corrected chi connectivity index (χ2v) is 3.29. The van der Waals surface area contributed by atoms with E-state index in [2.05, 4.69) is 5.32 Å². The summed E-state index contributed by atoms with van der Waals surface area (Å²) in [5.74, 6) is -1.25. The van der Waals surface area contributed by atoms with Crippen molar-refractivity contribution < 1.29 is 30.0 Å². The van der Waals surface area contributed by atoms with Crippen LogP contribution in [0.1, 0.15) is 6.42 Å². The number of hydrogen-bond donors (Lipinski definition) is 5. The first-order valence-electron chi connectivity index (χ1n) is 5.17. The van der Waals surface area contributed by atoms with Crippen molar-refractivity contribution in [1.29, 1.82) is 0 Å². The summed E-state index contributed by atoms with van der Waals surface area (Å²) >= 11 is 0.